The molecule has 0 atom stereocenters. The lowest BCUT2D eigenvalue weighted by atomic mass is 10.0. The average Bonchev–Trinajstić information content (AvgIpc) is 2.70. The summed E-state index contributed by atoms with van der Waals surface area (Å²) >= 11 is 6.08. The Morgan fingerprint density at radius 3 is 2.57 bits per heavy atom. The maximum atomic E-state index is 12.9. The van der Waals surface area contributed by atoms with Gasteiger partial charge in [0.15, 0.2) is 0 Å². The third kappa shape index (κ3) is 3.87. The Labute approximate surface area is 179 Å². The van der Waals surface area contributed by atoms with Crippen molar-refractivity contribution in [2.45, 2.75) is 20.3 Å². The number of piperazine rings is 1. The average molecular weight is 427 g/mol. The number of aryl methyl sites for hydroxylation is 2. The summed E-state index contributed by atoms with van der Waals surface area (Å²) in [6.07, 6.45) is -0.0470. The molecule has 0 aliphatic carbocycles. The number of hydrogen-bond donors (Lipinski definition) is 1. The first-order valence-corrected chi connectivity index (χ1v) is 10.3. The van der Waals surface area contributed by atoms with Gasteiger partial charge in [-0.25, -0.2) is 4.79 Å². The minimum absolute atomic E-state index is 0.0470. The van der Waals surface area contributed by atoms with Crippen LogP contribution in [-0.2, 0) is 11.2 Å². The van der Waals surface area contributed by atoms with Gasteiger partial charge in [0.05, 0.1) is 17.4 Å². The molecule has 1 saturated heterocycles. The topological polar surface area (TPSA) is 74.0 Å². The van der Waals surface area contributed by atoms with Gasteiger partial charge in [0.2, 0.25) is 5.91 Å². The molecule has 1 fully saturated rings. The van der Waals surface area contributed by atoms with Crippen LogP contribution in [0.3, 0.4) is 0 Å². The second kappa shape index (κ2) is 8.03. The number of aromatic hydroxyl groups is 1. The summed E-state index contributed by atoms with van der Waals surface area (Å²) in [5, 5.41) is 11.5. The molecule has 6 nitrogen and oxygen atoms in total. The molecule has 0 spiro atoms. The summed E-state index contributed by atoms with van der Waals surface area (Å²) in [5.41, 5.74) is 2.51. The molecule has 7 heteroatoms. The van der Waals surface area contributed by atoms with Crippen molar-refractivity contribution in [3.8, 4) is 5.75 Å². The van der Waals surface area contributed by atoms with Crippen LogP contribution in [0.5, 0.6) is 5.75 Å². The van der Waals surface area contributed by atoms with Gasteiger partial charge >= 0.3 is 5.63 Å². The minimum atomic E-state index is -0.532. The van der Waals surface area contributed by atoms with Crippen LogP contribution in [0.25, 0.3) is 11.0 Å². The number of fused-ring (bicyclic) bond motifs is 1. The molecule has 3 aromatic rings. The van der Waals surface area contributed by atoms with Crippen LogP contribution in [0.15, 0.2) is 45.6 Å². The van der Waals surface area contributed by atoms with Crippen LogP contribution < -0.4 is 10.5 Å². The van der Waals surface area contributed by atoms with E-state index in [1.54, 1.807) is 24.0 Å². The molecule has 2 heterocycles. The van der Waals surface area contributed by atoms with Gasteiger partial charge in [-0.2, -0.15) is 0 Å². The molecule has 156 valence electrons. The van der Waals surface area contributed by atoms with E-state index in [1.165, 1.54) is 0 Å². The van der Waals surface area contributed by atoms with Crippen molar-refractivity contribution in [2.24, 2.45) is 0 Å². The number of amides is 1. The number of halogens is 1. The van der Waals surface area contributed by atoms with Gasteiger partial charge in [0.1, 0.15) is 11.3 Å². The summed E-state index contributed by atoms with van der Waals surface area (Å²) in [6.45, 7) is 6.07. The van der Waals surface area contributed by atoms with Crippen molar-refractivity contribution in [3.63, 3.8) is 0 Å². The summed E-state index contributed by atoms with van der Waals surface area (Å²) < 4.78 is 5.40. The minimum Gasteiger partial charge on any atom is -0.507 e. The Kier molecular flexibility index (Phi) is 5.43. The first kappa shape index (κ1) is 20.3. The fraction of sp³-hybridized carbons (Fsp3) is 0.304. The van der Waals surface area contributed by atoms with Gasteiger partial charge < -0.3 is 19.3 Å². The van der Waals surface area contributed by atoms with E-state index in [1.807, 2.05) is 31.2 Å². The van der Waals surface area contributed by atoms with E-state index in [2.05, 4.69) is 4.90 Å². The molecule has 1 amide bonds. The Morgan fingerprint density at radius 2 is 1.87 bits per heavy atom. The molecule has 0 unspecified atom stereocenters. The number of rotatable bonds is 3. The van der Waals surface area contributed by atoms with Gasteiger partial charge in [0, 0.05) is 36.9 Å². The van der Waals surface area contributed by atoms with Gasteiger partial charge in [-0.15, -0.1) is 0 Å². The molecule has 0 bridgehead atoms. The van der Waals surface area contributed by atoms with Crippen molar-refractivity contribution in [1.82, 2.24) is 4.90 Å². The smallest absolute Gasteiger partial charge is 0.340 e. The molecule has 1 aliphatic heterocycles. The summed E-state index contributed by atoms with van der Waals surface area (Å²) in [6, 6.07) is 11.0. The normalized spacial score (nSPS) is 14.4. The van der Waals surface area contributed by atoms with Crippen LogP contribution in [0.4, 0.5) is 5.69 Å². The fourth-order valence-electron chi connectivity index (χ4n) is 4.01. The first-order valence-electron chi connectivity index (χ1n) is 9.87. The molecular weight excluding hydrogens is 404 g/mol. The summed E-state index contributed by atoms with van der Waals surface area (Å²) in [4.78, 5) is 29.4. The van der Waals surface area contributed by atoms with Crippen molar-refractivity contribution in [3.05, 3.63) is 68.5 Å². The number of anilines is 1. The maximum Gasteiger partial charge on any atom is 0.340 e. The van der Waals surface area contributed by atoms with Crippen molar-refractivity contribution in [2.75, 3.05) is 31.1 Å². The lowest BCUT2D eigenvalue weighted by molar-refractivity contribution is -0.130. The highest BCUT2D eigenvalue weighted by molar-refractivity contribution is 6.30. The maximum absolute atomic E-state index is 12.9. The van der Waals surface area contributed by atoms with E-state index in [0.717, 1.165) is 11.3 Å². The third-order valence-electron chi connectivity index (χ3n) is 5.64. The lowest BCUT2D eigenvalue weighted by Gasteiger charge is -2.36. The molecule has 0 radical (unpaired) electrons. The molecule has 1 aromatic heterocycles. The number of carbonyl (C=O) groups is 1. The second-order valence-corrected chi connectivity index (χ2v) is 8.11. The van der Waals surface area contributed by atoms with Gasteiger partial charge in [-0.3, -0.25) is 4.79 Å². The third-order valence-corrected chi connectivity index (χ3v) is 5.87. The first-order chi connectivity index (χ1) is 14.3. The van der Waals surface area contributed by atoms with Crippen LogP contribution in [-0.4, -0.2) is 42.1 Å². The molecule has 4 rings (SSSR count). The Morgan fingerprint density at radius 1 is 1.13 bits per heavy atom. The quantitative estimate of drug-likeness (QED) is 0.647. The predicted octanol–water partition coefficient (Wildman–Crippen LogP) is 3.66. The zero-order valence-electron chi connectivity index (χ0n) is 16.9. The monoisotopic (exact) mass is 426 g/mol. The molecule has 2 aromatic carbocycles. The highest BCUT2D eigenvalue weighted by Crippen LogP contribution is 2.30. The number of nitrogens with zero attached hydrogens (tertiary/aromatic N) is 2. The van der Waals surface area contributed by atoms with Crippen LogP contribution in [0.1, 0.15) is 16.7 Å². The van der Waals surface area contributed by atoms with Gasteiger partial charge in [-0.05, 0) is 55.3 Å². The summed E-state index contributed by atoms with van der Waals surface area (Å²) in [5.74, 6) is -0.0721. The number of phenols is 1. The number of hydrogen-bond acceptors (Lipinski definition) is 5. The van der Waals surface area contributed by atoms with Crippen molar-refractivity contribution < 1.29 is 14.3 Å². The zero-order valence-corrected chi connectivity index (χ0v) is 17.7. The molecular formula is C23H23ClN2O4. The molecule has 1 N–H and O–H groups in total. The summed E-state index contributed by atoms with van der Waals surface area (Å²) in [7, 11) is 0. The molecule has 0 saturated carbocycles. The van der Waals surface area contributed by atoms with Gasteiger partial charge in [-0.1, -0.05) is 17.7 Å². The zero-order chi connectivity index (χ0) is 21.4. The van der Waals surface area contributed by atoms with Crippen molar-refractivity contribution >= 4 is 34.2 Å². The highest BCUT2D eigenvalue weighted by atomic mass is 35.5. The Balaban J connectivity index is 1.51. The number of carbonyl (C=O) groups excluding carboxylic acids is 1. The van der Waals surface area contributed by atoms with E-state index in [9.17, 15) is 14.7 Å². The van der Waals surface area contributed by atoms with E-state index < -0.39 is 5.63 Å². The SMILES string of the molecule is Cc1cc(O)c2c(C)c(CC(=O)N3CCN(c4cccc(Cl)c4)CC3)c(=O)oc2c1. The second-order valence-electron chi connectivity index (χ2n) is 7.67. The fourth-order valence-corrected chi connectivity index (χ4v) is 4.20. The van der Waals surface area contributed by atoms with Crippen LogP contribution in [0, 0.1) is 13.8 Å². The standard InChI is InChI=1S/C23H23ClN2O4/c1-14-10-19(27)22-15(2)18(23(29)30-20(22)11-14)13-21(28)26-8-6-25(7-9-26)17-5-3-4-16(24)12-17/h3-5,10-12,27H,6-9,13H2,1-2H3. The molecule has 30 heavy (non-hydrogen) atoms. The highest BCUT2D eigenvalue weighted by Gasteiger charge is 2.24. The number of benzene rings is 2. The van der Waals surface area contributed by atoms with E-state index >= 15 is 0 Å². The van der Waals surface area contributed by atoms with Crippen LogP contribution in [0.2, 0.25) is 5.02 Å². The van der Waals surface area contributed by atoms with Gasteiger partial charge in [0.25, 0.3) is 0 Å². The largest absolute Gasteiger partial charge is 0.507 e. The lowest BCUT2D eigenvalue weighted by Crippen LogP contribution is -2.49. The predicted molar refractivity (Wildman–Crippen MR) is 118 cm³/mol. The van der Waals surface area contributed by atoms with Crippen molar-refractivity contribution in [1.29, 1.82) is 0 Å². The number of phenolic OH excluding ortho intramolecular Hbond substituents is 1. The van der Waals surface area contributed by atoms with E-state index in [-0.39, 0.29) is 18.1 Å². The Hall–Kier alpha value is -2.99. The van der Waals surface area contributed by atoms with E-state index in [0.29, 0.717) is 53.3 Å². The van der Waals surface area contributed by atoms with Crippen LogP contribution >= 0.6 is 11.6 Å². The Bertz CT molecular complexity index is 1180. The molecule has 1 aliphatic rings. The van der Waals surface area contributed by atoms with E-state index in [4.69, 9.17) is 16.0 Å².